The Hall–Kier alpha value is -0.910. The minimum absolute atomic E-state index is 0.604. The van der Waals surface area contributed by atoms with Crippen LogP contribution in [0.25, 0.3) is 0 Å². The van der Waals surface area contributed by atoms with Crippen LogP contribution in [-0.2, 0) is 17.8 Å². The van der Waals surface area contributed by atoms with Crippen LogP contribution in [0.15, 0.2) is 12.5 Å². The van der Waals surface area contributed by atoms with Crippen molar-refractivity contribution in [2.24, 2.45) is 5.92 Å². The molecule has 0 aliphatic carbocycles. The van der Waals surface area contributed by atoms with Crippen LogP contribution >= 0.6 is 0 Å². The first-order valence-corrected chi connectivity index (χ1v) is 8.22. The molecule has 1 fully saturated rings. The monoisotopic (exact) mass is 294 g/mol. The van der Waals surface area contributed by atoms with Crippen molar-refractivity contribution < 1.29 is 4.74 Å². The normalized spacial score (nSPS) is 18.3. The smallest absolute Gasteiger partial charge is 0.0948 e. The molecule has 0 radical (unpaired) electrons. The Morgan fingerprint density at radius 1 is 1.33 bits per heavy atom. The highest BCUT2D eigenvalue weighted by atomic mass is 16.5. The van der Waals surface area contributed by atoms with E-state index in [1.54, 1.807) is 0 Å². The van der Waals surface area contributed by atoms with Crippen LogP contribution in [0.1, 0.15) is 32.9 Å². The second-order valence-corrected chi connectivity index (χ2v) is 6.23. The Morgan fingerprint density at radius 3 is 2.76 bits per heavy atom. The summed E-state index contributed by atoms with van der Waals surface area (Å²) in [6.45, 7) is 13.5. The fourth-order valence-electron chi connectivity index (χ4n) is 3.00. The van der Waals surface area contributed by atoms with Crippen LogP contribution in [0.2, 0.25) is 0 Å². The number of aryl methyl sites for hydroxylation is 1. The lowest BCUT2D eigenvalue weighted by Gasteiger charge is -2.35. The topological polar surface area (TPSA) is 42.3 Å². The van der Waals surface area contributed by atoms with E-state index in [1.165, 1.54) is 12.1 Å². The quantitative estimate of drug-likeness (QED) is 0.793. The molecule has 5 heteroatoms. The van der Waals surface area contributed by atoms with Crippen molar-refractivity contribution in [3.05, 3.63) is 18.2 Å². The number of rotatable bonds is 8. The number of hydrogen-bond donors (Lipinski definition) is 1. The van der Waals surface area contributed by atoms with Crippen LogP contribution in [-0.4, -0.2) is 53.3 Å². The number of nitrogens with one attached hydrogen (secondary N) is 1. The molecule has 1 aliphatic rings. The zero-order valence-corrected chi connectivity index (χ0v) is 13.7. The summed E-state index contributed by atoms with van der Waals surface area (Å²) in [5.41, 5.74) is 1.27. The molecule has 2 heterocycles. The lowest BCUT2D eigenvalue weighted by molar-refractivity contribution is 0.0123. The summed E-state index contributed by atoms with van der Waals surface area (Å²) in [5.74, 6) is 0.723. The average molecular weight is 294 g/mol. The van der Waals surface area contributed by atoms with E-state index in [1.807, 2.05) is 12.5 Å². The van der Waals surface area contributed by atoms with Crippen molar-refractivity contribution in [3.63, 3.8) is 0 Å². The zero-order valence-electron chi connectivity index (χ0n) is 13.7. The molecule has 1 saturated heterocycles. The molecule has 0 amide bonds. The predicted octanol–water partition coefficient (Wildman–Crippen LogP) is 1.74. The van der Waals surface area contributed by atoms with E-state index in [0.717, 1.165) is 51.9 Å². The van der Waals surface area contributed by atoms with Gasteiger partial charge in [-0.2, -0.15) is 0 Å². The molecule has 1 unspecified atom stereocenters. The largest absolute Gasteiger partial charge is 0.379 e. The summed E-state index contributed by atoms with van der Waals surface area (Å²) >= 11 is 0. The molecule has 1 aromatic rings. The second-order valence-electron chi connectivity index (χ2n) is 6.23. The van der Waals surface area contributed by atoms with E-state index in [0.29, 0.717) is 6.04 Å². The number of aromatic nitrogens is 2. The van der Waals surface area contributed by atoms with E-state index < -0.39 is 0 Å². The number of nitrogens with zero attached hydrogens (tertiary/aromatic N) is 3. The lowest BCUT2D eigenvalue weighted by Crippen LogP contribution is -2.48. The van der Waals surface area contributed by atoms with Gasteiger partial charge in [0.15, 0.2) is 0 Å². The van der Waals surface area contributed by atoms with Gasteiger partial charge in [-0.05, 0) is 19.3 Å². The maximum atomic E-state index is 5.47. The first-order valence-electron chi connectivity index (χ1n) is 8.22. The van der Waals surface area contributed by atoms with Crippen molar-refractivity contribution in [2.75, 3.05) is 32.8 Å². The lowest BCUT2D eigenvalue weighted by atomic mass is 10.0. The van der Waals surface area contributed by atoms with Gasteiger partial charge in [-0.25, -0.2) is 4.98 Å². The molecule has 1 aliphatic heterocycles. The van der Waals surface area contributed by atoms with Gasteiger partial charge in [0.25, 0.3) is 0 Å². The fraction of sp³-hybridized carbons (Fsp3) is 0.812. The van der Waals surface area contributed by atoms with Gasteiger partial charge in [0.1, 0.15) is 0 Å². The molecule has 0 aromatic carbocycles. The Bertz CT molecular complexity index is 399. The minimum atomic E-state index is 0.604. The third-order valence-electron chi connectivity index (χ3n) is 4.13. The highest BCUT2D eigenvalue weighted by Crippen LogP contribution is 2.13. The standard InChI is InChI=1S/C16H30N4O/c1-4-19-13-18-12-16(19)11-17-10-15(9-14(2)3)20-5-7-21-8-6-20/h12-15,17H,4-11H2,1-3H3. The summed E-state index contributed by atoms with van der Waals surface area (Å²) in [6.07, 6.45) is 5.10. The minimum Gasteiger partial charge on any atom is -0.379 e. The van der Waals surface area contributed by atoms with Gasteiger partial charge in [0, 0.05) is 45.0 Å². The van der Waals surface area contributed by atoms with Crippen molar-refractivity contribution in [1.82, 2.24) is 19.8 Å². The number of hydrogen-bond acceptors (Lipinski definition) is 4. The van der Waals surface area contributed by atoms with Gasteiger partial charge in [-0.3, -0.25) is 4.90 Å². The van der Waals surface area contributed by atoms with Crippen molar-refractivity contribution >= 4 is 0 Å². The molecular weight excluding hydrogens is 264 g/mol. The Morgan fingerprint density at radius 2 is 2.10 bits per heavy atom. The predicted molar refractivity (Wildman–Crippen MR) is 85.2 cm³/mol. The maximum absolute atomic E-state index is 5.47. The van der Waals surface area contributed by atoms with Gasteiger partial charge in [0.05, 0.1) is 25.2 Å². The van der Waals surface area contributed by atoms with Crippen LogP contribution in [0, 0.1) is 5.92 Å². The maximum Gasteiger partial charge on any atom is 0.0948 e. The summed E-state index contributed by atoms with van der Waals surface area (Å²) in [4.78, 5) is 6.80. The number of morpholine rings is 1. The average Bonchev–Trinajstić information content (AvgIpc) is 2.94. The Kier molecular flexibility index (Phi) is 6.67. The van der Waals surface area contributed by atoms with Crippen LogP contribution < -0.4 is 5.32 Å². The van der Waals surface area contributed by atoms with E-state index in [2.05, 4.69) is 40.5 Å². The first kappa shape index (κ1) is 16.5. The van der Waals surface area contributed by atoms with E-state index >= 15 is 0 Å². The Balaban J connectivity index is 1.83. The second kappa shape index (κ2) is 8.51. The fourth-order valence-corrected chi connectivity index (χ4v) is 3.00. The van der Waals surface area contributed by atoms with E-state index in [9.17, 15) is 0 Å². The molecule has 1 N–H and O–H groups in total. The van der Waals surface area contributed by atoms with Crippen molar-refractivity contribution in [3.8, 4) is 0 Å². The van der Waals surface area contributed by atoms with E-state index in [4.69, 9.17) is 4.74 Å². The third kappa shape index (κ3) is 5.09. The molecule has 5 nitrogen and oxygen atoms in total. The number of ether oxygens (including phenoxy) is 1. The molecular formula is C16H30N4O. The molecule has 1 aromatic heterocycles. The van der Waals surface area contributed by atoms with Gasteiger partial charge in [-0.1, -0.05) is 13.8 Å². The van der Waals surface area contributed by atoms with Gasteiger partial charge >= 0.3 is 0 Å². The van der Waals surface area contributed by atoms with E-state index in [-0.39, 0.29) is 0 Å². The highest BCUT2D eigenvalue weighted by molar-refractivity contribution is 4.97. The zero-order chi connectivity index (χ0) is 15.1. The molecule has 21 heavy (non-hydrogen) atoms. The van der Waals surface area contributed by atoms with Gasteiger partial charge in [-0.15, -0.1) is 0 Å². The molecule has 120 valence electrons. The SMILES string of the molecule is CCn1cncc1CNCC(CC(C)C)N1CCOCC1. The van der Waals surface area contributed by atoms with Crippen LogP contribution in [0.4, 0.5) is 0 Å². The van der Waals surface area contributed by atoms with Gasteiger partial charge < -0.3 is 14.6 Å². The molecule has 2 rings (SSSR count). The number of imidazole rings is 1. The Labute approximate surface area is 128 Å². The summed E-state index contributed by atoms with van der Waals surface area (Å²) < 4.78 is 7.67. The summed E-state index contributed by atoms with van der Waals surface area (Å²) in [6, 6.07) is 0.604. The summed E-state index contributed by atoms with van der Waals surface area (Å²) in [5, 5.41) is 3.62. The molecule has 0 bridgehead atoms. The summed E-state index contributed by atoms with van der Waals surface area (Å²) in [7, 11) is 0. The van der Waals surface area contributed by atoms with Crippen LogP contribution in [0.5, 0.6) is 0 Å². The van der Waals surface area contributed by atoms with Crippen molar-refractivity contribution in [2.45, 2.75) is 46.3 Å². The van der Waals surface area contributed by atoms with Gasteiger partial charge in [0.2, 0.25) is 0 Å². The van der Waals surface area contributed by atoms with Crippen molar-refractivity contribution in [1.29, 1.82) is 0 Å². The third-order valence-corrected chi connectivity index (χ3v) is 4.13. The molecule has 0 saturated carbocycles. The molecule has 0 spiro atoms. The molecule has 1 atom stereocenters. The van der Waals surface area contributed by atoms with Crippen LogP contribution in [0.3, 0.4) is 0 Å². The first-order chi connectivity index (χ1) is 10.2. The highest BCUT2D eigenvalue weighted by Gasteiger charge is 2.21.